The Morgan fingerprint density at radius 3 is 2.40 bits per heavy atom. The Hall–Kier alpha value is -2.62. The number of sulfonamides is 1. The lowest BCUT2D eigenvalue weighted by Gasteiger charge is -2.34. The van der Waals surface area contributed by atoms with Gasteiger partial charge in [0.25, 0.3) is 0 Å². The molecule has 1 fully saturated rings. The summed E-state index contributed by atoms with van der Waals surface area (Å²) >= 11 is 0. The largest absolute Gasteiger partial charge is 0.422 e. The van der Waals surface area contributed by atoms with E-state index >= 15 is 0 Å². The van der Waals surface area contributed by atoms with Crippen molar-refractivity contribution in [3.05, 3.63) is 59.4 Å². The highest BCUT2D eigenvalue weighted by Gasteiger charge is 2.32. The van der Waals surface area contributed by atoms with E-state index in [0.29, 0.717) is 0 Å². The van der Waals surface area contributed by atoms with Crippen molar-refractivity contribution in [2.45, 2.75) is 37.9 Å². The van der Waals surface area contributed by atoms with Gasteiger partial charge in [0.1, 0.15) is 11.6 Å². The molecule has 0 amide bonds. The van der Waals surface area contributed by atoms with Crippen molar-refractivity contribution in [3.8, 4) is 5.75 Å². The van der Waals surface area contributed by atoms with Crippen molar-refractivity contribution < 1.29 is 31.9 Å². The van der Waals surface area contributed by atoms with Gasteiger partial charge in [-0.2, -0.15) is 4.31 Å². The average molecular weight is 435 g/mol. The summed E-state index contributed by atoms with van der Waals surface area (Å²) in [6.45, 7) is 5.23. The van der Waals surface area contributed by atoms with Gasteiger partial charge in [0.05, 0.1) is 28.2 Å². The number of rotatable bonds is 5. The molecular weight excluding hydrogens is 413 g/mol. The Bertz CT molecular complexity index is 1070. The van der Waals surface area contributed by atoms with Crippen molar-refractivity contribution in [2.24, 2.45) is 0 Å². The number of benzene rings is 2. The Morgan fingerprint density at radius 1 is 1.10 bits per heavy atom. The molecule has 0 spiro atoms. The predicted molar refractivity (Wildman–Crippen MR) is 107 cm³/mol. The number of Topliss-reactive ketones (excluding diaryl/α,β-unsaturated/α-hetero) is 1. The second-order valence-electron chi connectivity index (χ2n) is 7.19. The predicted octanol–water partition coefficient (Wildman–Crippen LogP) is 3.05. The molecule has 1 aliphatic heterocycles. The molecule has 2 atom stereocenters. The number of ketones is 1. The first-order chi connectivity index (χ1) is 14.1. The summed E-state index contributed by atoms with van der Waals surface area (Å²) in [6, 6.07) is 8.69. The number of nitrogens with zero attached hydrogens (tertiary/aromatic N) is 1. The van der Waals surface area contributed by atoms with Crippen molar-refractivity contribution in [1.29, 1.82) is 0 Å². The summed E-state index contributed by atoms with van der Waals surface area (Å²) < 4.78 is 51.6. The minimum Gasteiger partial charge on any atom is -0.422 e. The topological polar surface area (TPSA) is 90.0 Å². The number of carbonyl (C=O) groups excluding carboxylic acids is 2. The summed E-state index contributed by atoms with van der Waals surface area (Å²) in [5, 5.41) is 0. The molecule has 1 saturated heterocycles. The highest BCUT2D eigenvalue weighted by Crippen LogP contribution is 2.24. The molecule has 7 nitrogen and oxygen atoms in total. The van der Waals surface area contributed by atoms with Gasteiger partial charge in [-0.3, -0.25) is 4.79 Å². The third kappa shape index (κ3) is 4.75. The number of morpholine rings is 1. The first-order valence-electron chi connectivity index (χ1n) is 9.36. The van der Waals surface area contributed by atoms with Crippen molar-refractivity contribution in [3.63, 3.8) is 0 Å². The molecule has 9 heteroatoms. The molecule has 0 saturated carbocycles. The van der Waals surface area contributed by atoms with Crippen LogP contribution in [0.1, 0.15) is 41.5 Å². The van der Waals surface area contributed by atoms with Crippen molar-refractivity contribution in [1.82, 2.24) is 4.31 Å². The van der Waals surface area contributed by atoms with Gasteiger partial charge in [-0.05, 0) is 57.2 Å². The van der Waals surface area contributed by atoms with Crippen LogP contribution in [0.15, 0.2) is 47.4 Å². The SMILES string of the molecule is CC(=O)c1cc(F)ccc1OC(=O)c1cccc(S(=O)(=O)N2C[C@@H](C)O[C@@H](C)C2)c1. The molecular formula is C21H22FNO6S. The lowest BCUT2D eigenvalue weighted by Crippen LogP contribution is -2.48. The van der Waals surface area contributed by atoms with E-state index in [2.05, 4.69) is 0 Å². The number of carbonyl (C=O) groups is 2. The molecule has 2 aromatic carbocycles. The maximum absolute atomic E-state index is 13.4. The van der Waals surface area contributed by atoms with Gasteiger partial charge in [-0.15, -0.1) is 0 Å². The van der Waals surface area contributed by atoms with Crippen LogP contribution < -0.4 is 4.74 Å². The Morgan fingerprint density at radius 2 is 1.77 bits per heavy atom. The first kappa shape index (κ1) is 22.1. The molecule has 1 heterocycles. The number of ether oxygens (including phenoxy) is 2. The summed E-state index contributed by atoms with van der Waals surface area (Å²) in [7, 11) is -3.84. The fourth-order valence-electron chi connectivity index (χ4n) is 3.28. The molecule has 3 rings (SSSR count). The smallest absolute Gasteiger partial charge is 0.343 e. The summed E-state index contributed by atoms with van der Waals surface area (Å²) in [6.07, 6.45) is -0.500. The van der Waals surface area contributed by atoms with E-state index in [1.165, 1.54) is 41.6 Å². The molecule has 0 aliphatic carbocycles. The normalized spacial score (nSPS) is 20.0. The summed E-state index contributed by atoms with van der Waals surface area (Å²) in [5.74, 6) is -2.06. The van der Waals surface area contributed by atoms with Crippen LogP contribution in [0.5, 0.6) is 5.75 Å². The van der Waals surface area contributed by atoms with Crippen LogP contribution in [0.3, 0.4) is 0 Å². The monoisotopic (exact) mass is 435 g/mol. The zero-order valence-corrected chi connectivity index (χ0v) is 17.6. The average Bonchev–Trinajstić information content (AvgIpc) is 2.68. The van der Waals surface area contributed by atoms with Gasteiger partial charge < -0.3 is 9.47 Å². The van der Waals surface area contributed by atoms with E-state index in [-0.39, 0.29) is 47.1 Å². The molecule has 2 aromatic rings. The quantitative estimate of drug-likeness (QED) is 0.407. The van der Waals surface area contributed by atoms with E-state index < -0.39 is 27.6 Å². The Balaban J connectivity index is 1.87. The lowest BCUT2D eigenvalue weighted by atomic mass is 10.1. The van der Waals surface area contributed by atoms with Crippen LogP contribution >= 0.6 is 0 Å². The molecule has 1 aliphatic rings. The van der Waals surface area contributed by atoms with E-state index in [1.807, 2.05) is 0 Å². The molecule has 0 N–H and O–H groups in total. The minimum atomic E-state index is -3.84. The minimum absolute atomic E-state index is 0.00995. The molecule has 0 unspecified atom stereocenters. The molecule has 160 valence electrons. The molecule has 30 heavy (non-hydrogen) atoms. The van der Waals surface area contributed by atoms with Gasteiger partial charge in [0, 0.05) is 13.1 Å². The van der Waals surface area contributed by atoms with Crippen molar-refractivity contribution >= 4 is 21.8 Å². The Kier molecular flexibility index (Phi) is 6.35. The second kappa shape index (κ2) is 8.63. The standard InChI is InChI=1S/C21H22FNO6S/c1-13-11-23(12-14(2)28-13)30(26,27)18-6-4-5-16(9-18)21(25)29-20-8-7-17(22)10-19(20)15(3)24/h4-10,13-14H,11-12H2,1-3H3/t13-,14+. The van der Waals surface area contributed by atoms with Crippen LogP contribution in [-0.2, 0) is 14.8 Å². The maximum atomic E-state index is 13.4. The number of hydrogen-bond acceptors (Lipinski definition) is 6. The van der Waals surface area contributed by atoms with E-state index in [1.54, 1.807) is 13.8 Å². The van der Waals surface area contributed by atoms with Crippen molar-refractivity contribution in [2.75, 3.05) is 13.1 Å². The first-order valence-corrected chi connectivity index (χ1v) is 10.8. The van der Waals surface area contributed by atoms with Gasteiger partial charge in [0.15, 0.2) is 5.78 Å². The van der Waals surface area contributed by atoms with Crippen LogP contribution in [0.4, 0.5) is 4.39 Å². The third-order valence-corrected chi connectivity index (χ3v) is 6.44. The zero-order valence-electron chi connectivity index (χ0n) is 16.8. The molecule has 0 radical (unpaired) electrons. The maximum Gasteiger partial charge on any atom is 0.343 e. The van der Waals surface area contributed by atoms with E-state index in [4.69, 9.17) is 9.47 Å². The number of hydrogen-bond donors (Lipinski definition) is 0. The van der Waals surface area contributed by atoms with Gasteiger partial charge >= 0.3 is 5.97 Å². The fourth-order valence-corrected chi connectivity index (χ4v) is 4.92. The number of esters is 1. The van der Waals surface area contributed by atoms with Crippen LogP contribution in [0, 0.1) is 5.82 Å². The zero-order chi connectivity index (χ0) is 22.1. The van der Waals surface area contributed by atoms with Crippen LogP contribution in [-0.4, -0.2) is 49.8 Å². The second-order valence-corrected chi connectivity index (χ2v) is 9.13. The van der Waals surface area contributed by atoms with E-state index in [9.17, 15) is 22.4 Å². The van der Waals surface area contributed by atoms with Crippen LogP contribution in [0.25, 0.3) is 0 Å². The van der Waals surface area contributed by atoms with E-state index in [0.717, 1.165) is 12.1 Å². The fraction of sp³-hybridized carbons (Fsp3) is 0.333. The highest BCUT2D eigenvalue weighted by molar-refractivity contribution is 7.89. The van der Waals surface area contributed by atoms with Gasteiger partial charge in [0.2, 0.25) is 10.0 Å². The lowest BCUT2D eigenvalue weighted by molar-refractivity contribution is -0.0440. The summed E-state index contributed by atoms with van der Waals surface area (Å²) in [4.78, 5) is 24.2. The third-order valence-electron chi connectivity index (χ3n) is 4.62. The summed E-state index contributed by atoms with van der Waals surface area (Å²) in [5.41, 5.74) is -0.0901. The van der Waals surface area contributed by atoms with Crippen LogP contribution in [0.2, 0.25) is 0 Å². The molecule has 0 aromatic heterocycles. The number of halogens is 1. The van der Waals surface area contributed by atoms with Gasteiger partial charge in [-0.25, -0.2) is 17.6 Å². The Labute approximate surface area is 174 Å². The highest BCUT2D eigenvalue weighted by atomic mass is 32.2. The van der Waals surface area contributed by atoms with Gasteiger partial charge in [-0.1, -0.05) is 6.07 Å². The molecule has 0 bridgehead atoms.